The molecule has 0 saturated carbocycles. The number of aromatic nitrogens is 2. The Hall–Kier alpha value is -1.82. The number of rotatable bonds is 5. The zero-order valence-electron chi connectivity index (χ0n) is 11.3. The Labute approximate surface area is 120 Å². The molecule has 6 heteroatoms. The number of thioether (sulfide) groups is 1. The monoisotopic (exact) mass is 292 g/mol. The Morgan fingerprint density at radius 1 is 1.50 bits per heavy atom. The molecule has 0 amide bonds. The predicted octanol–water partition coefficient (Wildman–Crippen LogP) is 2.33. The van der Waals surface area contributed by atoms with Crippen LogP contribution < -0.4 is 5.56 Å². The van der Waals surface area contributed by atoms with Crippen LogP contribution >= 0.6 is 11.8 Å². The van der Waals surface area contributed by atoms with E-state index in [0.29, 0.717) is 22.5 Å². The number of benzene rings is 1. The summed E-state index contributed by atoms with van der Waals surface area (Å²) in [7, 11) is 0. The molecule has 0 spiro atoms. The van der Waals surface area contributed by atoms with Gasteiger partial charge < -0.3 is 10.1 Å². The molecule has 0 aliphatic carbocycles. The Bertz CT molecular complexity index is 696. The lowest BCUT2D eigenvalue weighted by molar-refractivity contribution is -0.136. The quantitative estimate of drug-likeness (QED) is 0.883. The molecule has 2 rings (SSSR count). The first-order chi connectivity index (χ1) is 9.47. The van der Waals surface area contributed by atoms with E-state index in [2.05, 4.69) is 9.97 Å². The summed E-state index contributed by atoms with van der Waals surface area (Å²) in [5.41, 5.74) is 1.51. The van der Waals surface area contributed by atoms with Crippen molar-refractivity contribution >= 4 is 28.6 Å². The minimum absolute atomic E-state index is 0.0228. The summed E-state index contributed by atoms with van der Waals surface area (Å²) in [6.07, 6.45) is 0.0987. The molecular weight excluding hydrogens is 276 g/mol. The van der Waals surface area contributed by atoms with E-state index in [1.165, 1.54) is 11.8 Å². The molecule has 1 heterocycles. The highest BCUT2D eigenvalue weighted by Gasteiger charge is 2.10. The average Bonchev–Trinajstić information content (AvgIpc) is 2.37. The van der Waals surface area contributed by atoms with Crippen molar-refractivity contribution in [1.82, 2.24) is 9.97 Å². The number of nitrogens with one attached hydrogen (secondary N) is 1. The molecule has 0 aliphatic rings. The second-order valence-corrected chi connectivity index (χ2v) is 6.13. The van der Waals surface area contributed by atoms with Gasteiger partial charge in [0.15, 0.2) is 0 Å². The van der Waals surface area contributed by atoms with Gasteiger partial charge >= 0.3 is 5.97 Å². The van der Waals surface area contributed by atoms with Gasteiger partial charge in [0.25, 0.3) is 5.56 Å². The first-order valence-corrected chi connectivity index (χ1v) is 7.34. The van der Waals surface area contributed by atoms with Crippen molar-refractivity contribution in [3.05, 3.63) is 39.9 Å². The van der Waals surface area contributed by atoms with E-state index in [1.807, 2.05) is 26.0 Å². The number of aryl methyl sites for hydroxylation is 1. The fraction of sp³-hybridized carbons (Fsp3) is 0.357. The minimum Gasteiger partial charge on any atom is -0.481 e. The number of hydrogen-bond donors (Lipinski definition) is 2. The fourth-order valence-electron chi connectivity index (χ4n) is 1.95. The van der Waals surface area contributed by atoms with E-state index >= 15 is 0 Å². The molecule has 1 aromatic heterocycles. The van der Waals surface area contributed by atoms with E-state index in [4.69, 9.17) is 5.11 Å². The summed E-state index contributed by atoms with van der Waals surface area (Å²) in [4.78, 5) is 29.8. The van der Waals surface area contributed by atoms with E-state index in [-0.39, 0.29) is 17.2 Å². The largest absolute Gasteiger partial charge is 0.481 e. The van der Waals surface area contributed by atoms with Crippen LogP contribution in [0.5, 0.6) is 0 Å². The molecule has 0 aliphatic heterocycles. The van der Waals surface area contributed by atoms with Gasteiger partial charge in [-0.25, -0.2) is 4.98 Å². The number of aliphatic carboxylic acids is 1. The van der Waals surface area contributed by atoms with E-state index < -0.39 is 5.97 Å². The number of hydrogen-bond acceptors (Lipinski definition) is 4. The number of aromatic amines is 1. The number of carboxylic acids is 1. The summed E-state index contributed by atoms with van der Waals surface area (Å²) in [5, 5.41) is 9.27. The van der Waals surface area contributed by atoms with Crippen LogP contribution in [0.2, 0.25) is 0 Å². The number of H-pyrrole nitrogens is 1. The maximum absolute atomic E-state index is 12.0. The van der Waals surface area contributed by atoms with Crippen LogP contribution in [0.15, 0.2) is 23.0 Å². The number of nitrogens with zero attached hydrogens (tertiary/aromatic N) is 1. The van der Waals surface area contributed by atoms with Gasteiger partial charge in [-0.1, -0.05) is 19.1 Å². The van der Waals surface area contributed by atoms with Gasteiger partial charge in [0, 0.05) is 5.25 Å². The highest BCUT2D eigenvalue weighted by molar-refractivity contribution is 7.99. The van der Waals surface area contributed by atoms with Gasteiger partial charge in [-0.15, -0.1) is 0 Å². The van der Waals surface area contributed by atoms with Crippen molar-refractivity contribution in [1.29, 1.82) is 0 Å². The average molecular weight is 292 g/mol. The topological polar surface area (TPSA) is 83.0 Å². The lowest BCUT2D eigenvalue weighted by Gasteiger charge is -2.09. The molecule has 1 aromatic carbocycles. The van der Waals surface area contributed by atoms with Crippen molar-refractivity contribution in [2.45, 2.75) is 31.3 Å². The fourth-order valence-corrected chi connectivity index (χ4v) is 2.79. The number of carbonyl (C=O) groups is 1. The van der Waals surface area contributed by atoms with Gasteiger partial charge in [-0.3, -0.25) is 9.59 Å². The zero-order valence-corrected chi connectivity index (χ0v) is 12.2. The molecule has 106 valence electrons. The molecular formula is C14H16N2O3S. The number of carboxylic acid groups (broad SMARTS) is 1. The lowest BCUT2D eigenvalue weighted by atomic mass is 10.1. The van der Waals surface area contributed by atoms with Crippen LogP contribution in [0.4, 0.5) is 0 Å². The molecule has 2 aromatic rings. The Kier molecular flexibility index (Phi) is 4.44. The molecule has 0 fully saturated rings. The smallest absolute Gasteiger partial charge is 0.304 e. The normalized spacial score (nSPS) is 12.5. The molecule has 0 bridgehead atoms. The summed E-state index contributed by atoms with van der Waals surface area (Å²) in [5.74, 6) is 0.258. The van der Waals surface area contributed by atoms with Crippen LogP contribution in [-0.4, -0.2) is 26.3 Å². The molecule has 0 saturated heterocycles. The number of fused-ring (bicyclic) bond motifs is 1. The second kappa shape index (κ2) is 6.09. The third-order valence-corrected chi connectivity index (χ3v) is 4.13. The molecule has 20 heavy (non-hydrogen) atoms. The standard InChI is InChI=1S/C14H16N2O3S/c1-8-4-3-5-10-13(8)15-11(16-14(10)19)7-20-9(2)6-12(17)18/h3-5,9H,6-7H2,1-2H3,(H,17,18)(H,15,16,19). The summed E-state index contributed by atoms with van der Waals surface area (Å²) < 4.78 is 0. The first-order valence-electron chi connectivity index (χ1n) is 6.29. The van der Waals surface area contributed by atoms with Crippen molar-refractivity contribution in [3.8, 4) is 0 Å². The molecule has 1 unspecified atom stereocenters. The minimum atomic E-state index is -0.819. The molecule has 0 radical (unpaired) electrons. The Morgan fingerprint density at radius 2 is 2.25 bits per heavy atom. The van der Waals surface area contributed by atoms with Crippen molar-refractivity contribution < 1.29 is 9.90 Å². The summed E-state index contributed by atoms with van der Waals surface area (Å²) >= 11 is 1.47. The van der Waals surface area contributed by atoms with E-state index in [9.17, 15) is 9.59 Å². The maximum atomic E-state index is 12.0. The Morgan fingerprint density at radius 3 is 2.95 bits per heavy atom. The van der Waals surface area contributed by atoms with Gasteiger partial charge in [-0.2, -0.15) is 11.8 Å². The SMILES string of the molecule is Cc1cccc2c(=O)[nH]c(CSC(C)CC(=O)O)nc12. The van der Waals surface area contributed by atoms with E-state index in [0.717, 1.165) is 5.56 Å². The Balaban J connectivity index is 2.21. The van der Waals surface area contributed by atoms with Crippen molar-refractivity contribution in [3.63, 3.8) is 0 Å². The zero-order chi connectivity index (χ0) is 14.7. The predicted molar refractivity (Wildman–Crippen MR) is 80.1 cm³/mol. The van der Waals surface area contributed by atoms with Gasteiger partial charge in [-0.05, 0) is 18.6 Å². The highest BCUT2D eigenvalue weighted by Crippen LogP contribution is 2.19. The highest BCUT2D eigenvalue weighted by atomic mass is 32.2. The molecule has 5 nitrogen and oxygen atoms in total. The van der Waals surface area contributed by atoms with Crippen LogP contribution in [0, 0.1) is 6.92 Å². The van der Waals surface area contributed by atoms with Crippen LogP contribution in [-0.2, 0) is 10.5 Å². The van der Waals surface area contributed by atoms with Crippen LogP contribution in [0.1, 0.15) is 24.7 Å². The van der Waals surface area contributed by atoms with E-state index in [1.54, 1.807) is 6.07 Å². The van der Waals surface area contributed by atoms with Gasteiger partial charge in [0.05, 0.1) is 23.1 Å². The number of para-hydroxylation sites is 1. The second-order valence-electron chi connectivity index (χ2n) is 4.70. The maximum Gasteiger partial charge on any atom is 0.304 e. The third-order valence-electron chi connectivity index (χ3n) is 2.95. The summed E-state index contributed by atoms with van der Waals surface area (Å²) in [6, 6.07) is 5.49. The lowest BCUT2D eigenvalue weighted by Crippen LogP contribution is -2.13. The van der Waals surface area contributed by atoms with Crippen LogP contribution in [0.3, 0.4) is 0 Å². The first kappa shape index (κ1) is 14.6. The van der Waals surface area contributed by atoms with Crippen molar-refractivity contribution in [2.24, 2.45) is 0 Å². The summed E-state index contributed by atoms with van der Waals surface area (Å²) in [6.45, 7) is 3.77. The molecule has 2 N–H and O–H groups in total. The van der Waals surface area contributed by atoms with Gasteiger partial charge in [0.2, 0.25) is 0 Å². The van der Waals surface area contributed by atoms with Gasteiger partial charge in [0.1, 0.15) is 5.82 Å². The van der Waals surface area contributed by atoms with Crippen molar-refractivity contribution in [2.75, 3.05) is 0 Å². The third kappa shape index (κ3) is 3.39. The molecule has 1 atom stereocenters. The van der Waals surface area contributed by atoms with Crippen LogP contribution in [0.25, 0.3) is 10.9 Å².